The van der Waals surface area contributed by atoms with Gasteiger partial charge in [0.15, 0.2) is 0 Å². The van der Waals surface area contributed by atoms with E-state index in [-0.39, 0.29) is 6.61 Å². The van der Waals surface area contributed by atoms with Crippen molar-refractivity contribution >= 4 is 5.97 Å². The van der Waals surface area contributed by atoms with E-state index >= 15 is 0 Å². The summed E-state index contributed by atoms with van der Waals surface area (Å²) in [6, 6.07) is 14.8. The fraction of sp³-hybridized carbons (Fsp3) is 0.360. The first-order valence-electron chi connectivity index (χ1n) is 10.4. The molecule has 0 aliphatic heterocycles. The van der Waals surface area contributed by atoms with Gasteiger partial charge in [-0.2, -0.15) is 0 Å². The van der Waals surface area contributed by atoms with Gasteiger partial charge in [0.2, 0.25) is 5.60 Å². The zero-order valence-corrected chi connectivity index (χ0v) is 18.3. The number of aliphatic hydroxyl groups is 1. The zero-order chi connectivity index (χ0) is 21.7. The molecule has 0 unspecified atom stereocenters. The van der Waals surface area contributed by atoms with Crippen molar-refractivity contribution in [3.63, 3.8) is 0 Å². The van der Waals surface area contributed by atoms with Crippen LogP contribution in [0.1, 0.15) is 41.4 Å². The maximum absolute atomic E-state index is 13.1. The number of hydrogen-bond donors (Lipinski definition) is 1. The van der Waals surface area contributed by atoms with Crippen molar-refractivity contribution in [1.82, 2.24) is 4.57 Å². The average Bonchev–Trinajstić information content (AvgIpc) is 3.09. The second-order valence-electron chi connectivity index (χ2n) is 7.76. The molecule has 2 aromatic carbocycles. The first-order chi connectivity index (χ1) is 14.4. The molecule has 0 saturated carbocycles. The summed E-state index contributed by atoms with van der Waals surface area (Å²) >= 11 is 0. The second kappa shape index (κ2) is 9.26. The highest BCUT2D eigenvalue weighted by Gasteiger charge is 2.41. The van der Waals surface area contributed by atoms with Gasteiger partial charge in [-0.1, -0.05) is 59.7 Å². The van der Waals surface area contributed by atoms with Gasteiger partial charge < -0.3 is 9.84 Å². The highest BCUT2D eigenvalue weighted by atomic mass is 16.5. The highest BCUT2D eigenvalue weighted by Crippen LogP contribution is 2.32. The number of aromatic nitrogens is 2. The van der Waals surface area contributed by atoms with E-state index in [9.17, 15) is 9.90 Å². The van der Waals surface area contributed by atoms with Crippen LogP contribution in [0, 0.1) is 20.8 Å². The maximum Gasteiger partial charge on any atom is 0.347 e. The van der Waals surface area contributed by atoms with Crippen molar-refractivity contribution in [2.45, 2.75) is 52.8 Å². The third-order valence-electron chi connectivity index (χ3n) is 5.54. The van der Waals surface area contributed by atoms with E-state index in [1.807, 2.05) is 56.4 Å². The highest BCUT2D eigenvalue weighted by molar-refractivity contribution is 5.85. The monoisotopic (exact) mass is 407 g/mol. The third-order valence-corrected chi connectivity index (χ3v) is 5.54. The third kappa shape index (κ3) is 4.46. The van der Waals surface area contributed by atoms with Crippen molar-refractivity contribution in [3.05, 3.63) is 89.0 Å². The molecule has 158 valence electrons. The van der Waals surface area contributed by atoms with Crippen molar-refractivity contribution in [2.24, 2.45) is 0 Å². The van der Waals surface area contributed by atoms with Crippen LogP contribution in [0.5, 0.6) is 0 Å². The first kappa shape index (κ1) is 21.8. The number of benzene rings is 2. The van der Waals surface area contributed by atoms with Crippen LogP contribution >= 0.6 is 0 Å². The Labute approximate surface area is 178 Å². The van der Waals surface area contributed by atoms with Crippen LogP contribution in [0.4, 0.5) is 0 Å². The molecule has 3 aromatic rings. The number of carbonyl (C=O) groups excluding carboxylic acids is 1. The van der Waals surface area contributed by atoms with Gasteiger partial charge >= 0.3 is 5.97 Å². The van der Waals surface area contributed by atoms with Crippen LogP contribution in [-0.4, -0.2) is 22.2 Å². The maximum atomic E-state index is 13.1. The standard InChI is InChI=1S/C25H31N2O3/c1-5-26-14-15-27(21(26)4)13-8-16-30-24(28)25(29,22-11-6-9-19(2)17-22)23-12-7-10-20(3)18-23/h6-7,9-12,14-15,17-18,29H,5,8,13,16H2,1-4H3/q+1. The number of hydrogen-bond acceptors (Lipinski definition) is 3. The molecule has 0 saturated heterocycles. The van der Waals surface area contributed by atoms with Crippen LogP contribution in [0.3, 0.4) is 0 Å². The van der Waals surface area contributed by atoms with Crippen LogP contribution in [0.2, 0.25) is 0 Å². The Balaban J connectivity index is 1.76. The number of rotatable bonds is 8. The molecule has 0 aliphatic rings. The fourth-order valence-electron chi connectivity index (χ4n) is 3.76. The number of nitrogens with zero attached hydrogens (tertiary/aromatic N) is 2. The molecule has 1 heterocycles. The van der Waals surface area contributed by atoms with Gasteiger partial charge in [0.05, 0.1) is 19.7 Å². The Morgan fingerprint density at radius 3 is 2.17 bits per heavy atom. The van der Waals surface area contributed by atoms with E-state index in [4.69, 9.17) is 4.74 Å². The van der Waals surface area contributed by atoms with Gasteiger partial charge in [-0.25, -0.2) is 13.9 Å². The summed E-state index contributed by atoms with van der Waals surface area (Å²) in [7, 11) is 0. The quantitative estimate of drug-likeness (QED) is 0.353. The van der Waals surface area contributed by atoms with Crippen molar-refractivity contribution in [3.8, 4) is 0 Å². The number of ether oxygens (including phenoxy) is 1. The number of esters is 1. The van der Waals surface area contributed by atoms with Crippen molar-refractivity contribution in [1.29, 1.82) is 0 Å². The summed E-state index contributed by atoms with van der Waals surface area (Å²) in [6.07, 6.45) is 4.76. The average molecular weight is 408 g/mol. The molecule has 0 radical (unpaired) electrons. The van der Waals surface area contributed by atoms with Gasteiger partial charge in [-0.05, 0) is 31.9 Å². The summed E-state index contributed by atoms with van der Waals surface area (Å²) < 4.78 is 9.89. The fourth-order valence-corrected chi connectivity index (χ4v) is 3.76. The van der Waals surface area contributed by atoms with Crippen LogP contribution in [0.25, 0.3) is 0 Å². The molecule has 0 amide bonds. The largest absolute Gasteiger partial charge is 0.463 e. The molecule has 1 aromatic heterocycles. The van der Waals surface area contributed by atoms with Crippen LogP contribution in [-0.2, 0) is 28.2 Å². The van der Waals surface area contributed by atoms with Gasteiger partial charge in [-0.15, -0.1) is 0 Å². The van der Waals surface area contributed by atoms with Gasteiger partial charge in [-0.3, -0.25) is 0 Å². The number of carbonyl (C=O) groups is 1. The van der Waals surface area contributed by atoms with Crippen molar-refractivity contribution in [2.75, 3.05) is 6.61 Å². The smallest absolute Gasteiger partial charge is 0.347 e. The summed E-state index contributed by atoms with van der Waals surface area (Å²) in [5, 5.41) is 11.6. The lowest BCUT2D eigenvalue weighted by atomic mass is 9.85. The topological polar surface area (TPSA) is 55.3 Å². The molecule has 0 atom stereocenters. The summed E-state index contributed by atoms with van der Waals surface area (Å²) in [5.41, 5.74) is 1.14. The molecular formula is C25H31N2O3+. The molecule has 3 rings (SSSR count). The van der Waals surface area contributed by atoms with E-state index in [1.165, 1.54) is 5.82 Å². The molecule has 5 heteroatoms. The lowest BCUT2D eigenvalue weighted by Crippen LogP contribution is -2.40. The minimum Gasteiger partial charge on any atom is -0.463 e. The Kier molecular flexibility index (Phi) is 6.73. The predicted octanol–water partition coefficient (Wildman–Crippen LogP) is 3.59. The number of aryl methyl sites for hydroxylation is 4. The summed E-state index contributed by atoms with van der Waals surface area (Å²) in [4.78, 5) is 13.1. The molecular weight excluding hydrogens is 376 g/mol. The minimum atomic E-state index is -1.84. The number of imidazole rings is 1. The minimum absolute atomic E-state index is 0.239. The Bertz CT molecular complexity index is 977. The molecule has 0 aliphatic carbocycles. The molecule has 0 bridgehead atoms. The predicted molar refractivity (Wildman–Crippen MR) is 116 cm³/mol. The summed E-state index contributed by atoms with van der Waals surface area (Å²) in [5.74, 6) is 0.520. The van der Waals surface area contributed by atoms with Crippen molar-refractivity contribution < 1.29 is 19.2 Å². The second-order valence-corrected chi connectivity index (χ2v) is 7.76. The molecule has 30 heavy (non-hydrogen) atoms. The SMILES string of the molecule is CCn1cc[n+](CCCOC(=O)C(O)(c2cccc(C)c2)c2cccc(C)c2)c1C. The van der Waals surface area contributed by atoms with E-state index in [1.54, 1.807) is 12.1 Å². The lowest BCUT2D eigenvalue weighted by Gasteiger charge is -2.27. The molecule has 0 spiro atoms. The molecule has 5 nitrogen and oxygen atoms in total. The Morgan fingerprint density at radius 1 is 1.07 bits per heavy atom. The van der Waals surface area contributed by atoms with Crippen LogP contribution in [0.15, 0.2) is 60.9 Å². The van der Waals surface area contributed by atoms with Gasteiger partial charge in [0, 0.05) is 13.3 Å². The lowest BCUT2D eigenvalue weighted by molar-refractivity contribution is -0.702. The van der Waals surface area contributed by atoms with Crippen LogP contribution < -0.4 is 4.57 Å². The van der Waals surface area contributed by atoms with E-state index < -0.39 is 11.6 Å². The Morgan fingerprint density at radius 2 is 1.67 bits per heavy atom. The first-order valence-corrected chi connectivity index (χ1v) is 10.4. The zero-order valence-electron chi connectivity index (χ0n) is 18.3. The van der Waals surface area contributed by atoms with Gasteiger partial charge in [0.1, 0.15) is 12.4 Å². The normalized spacial score (nSPS) is 11.5. The summed E-state index contributed by atoms with van der Waals surface area (Å²) in [6.45, 7) is 9.97. The molecule has 1 N–H and O–H groups in total. The molecule has 0 fully saturated rings. The Hall–Kier alpha value is -2.92. The van der Waals surface area contributed by atoms with Gasteiger partial charge in [0.25, 0.3) is 5.82 Å². The van der Waals surface area contributed by atoms with E-state index in [0.717, 1.165) is 24.2 Å². The van der Waals surface area contributed by atoms with E-state index in [2.05, 4.69) is 29.2 Å². The van der Waals surface area contributed by atoms with E-state index in [0.29, 0.717) is 17.5 Å².